The summed E-state index contributed by atoms with van der Waals surface area (Å²) < 4.78 is 19.9. The SMILES string of the molecule is Cc1ccc(C(=O)N/N=C\c2cc(Br)ccc2OCc2cccc(F)c2)cc1Cl. The summed E-state index contributed by atoms with van der Waals surface area (Å²) in [5.74, 6) is -0.142. The lowest BCUT2D eigenvalue weighted by Gasteiger charge is -2.10. The lowest BCUT2D eigenvalue weighted by atomic mass is 10.1. The monoisotopic (exact) mass is 474 g/mol. The van der Waals surface area contributed by atoms with E-state index in [1.807, 2.05) is 13.0 Å². The molecule has 0 heterocycles. The molecule has 0 aromatic heterocycles. The van der Waals surface area contributed by atoms with Crippen LogP contribution in [0.4, 0.5) is 4.39 Å². The number of hydrogen-bond acceptors (Lipinski definition) is 3. The van der Waals surface area contributed by atoms with Crippen LogP contribution in [-0.4, -0.2) is 12.1 Å². The molecule has 0 aliphatic rings. The van der Waals surface area contributed by atoms with Gasteiger partial charge < -0.3 is 4.74 Å². The van der Waals surface area contributed by atoms with Crippen LogP contribution in [-0.2, 0) is 6.61 Å². The largest absolute Gasteiger partial charge is 0.488 e. The average molecular weight is 476 g/mol. The van der Waals surface area contributed by atoms with Crippen LogP contribution in [0, 0.1) is 12.7 Å². The van der Waals surface area contributed by atoms with Crippen molar-refractivity contribution in [1.82, 2.24) is 5.43 Å². The van der Waals surface area contributed by atoms with E-state index in [1.54, 1.807) is 42.5 Å². The number of amides is 1. The molecule has 7 heteroatoms. The number of rotatable bonds is 6. The zero-order chi connectivity index (χ0) is 20.8. The molecule has 0 spiro atoms. The van der Waals surface area contributed by atoms with E-state index >= 15 is 0 Å². The van der Waals surface area contributed by atoms with E-state index in [2.05, 4.69) is 26.5 Å². The second-order valence-electron chi connectivity index (χ2n) is 6.26. The van der Waals surface area contributed by atoms with Crippen molar-refractivity contribution >= 4 is 39.7 Å². The van der Waals surface area contributed by atoms with Crippen LogP contribution in [0.15, 0.2) is 70.2 Å². The molecule has 0 atom stereocenters. The van der Waals surface area contributed by atoms with Crippen molar-refractivity contribution in [3.63, 3.8) is 0 Å². The Morgan fingerprint density at radius 3 is 2.79 bits per heavy atom. The van der Waals surface area contributed by atoms with Gasteiger partial charge >= 0.3 is 0 Å². The fraction of sp³-hybridized carbons (Fsp3) is 0.0909. The second-order valence-corrected chi connectivity index (χ2v) is 7.59. The van der Waals surface area contributed by atoms with Crippen molar-refractivity contribution in [3.8, 4) is 5.75 Å². The summed E-state index contributed by atoms with van der Waals surface area (Å²) in [5.41, 5.74) is 5.13. The van der Waals surface area contributed by atoms with Crippen molar-refractivity contribution in [1.29, 1.82) is 0 Å². The number of nitrogens with one attached hydrogen (secondary N) is 1. The number of carbonyl (C=O) groups excluding carboxylic acids is 1. The summed E-state index contributed by atoms with van der Waals surface area (Å²) in [6, 6.07) is 16.6. The van der Waals surface area contributed by atoms with E-state index in [0.717, 1.165) is 10.0 Å². The summed E-state index contributed by atoms with van der Waals surface area (Å²) in [6.45, 7) is 2.06. The van der Waals surface area contributed by atoms with Crippen LogP contribution in [0.5, 0.6) is 5.75 Å². The second kappa shape index (κ2) is 9.67. The first-order valence-electron chi connectivity index (χ1n) is 8.69. The highest BCUT2D eigenvalue weighted by Crippen LogP contribution is 2.23. The number of aryl methyl sites for hydroxylation is 1. The molecule has 29 heavy (non-hydrogen) atoms. The Balaban J connectivity index is 1.70. The van der Waals surface area contributed by atoms with Gasteiger partial charge in [0.05, 0.1) is 6.21 Å². The molecule has 4 nitrogen and oxygen atoms in total. The van der Waals surface area contributed by atoms with Crippen LogP contribution < -0.4 is 10.2 Å². The highest BCUT2D eigenvalue weighted by atomic mass is 79.9. The molecule has 3 aromatic rings. The van der Waals surface area contributed by atoms with Crippen LogP contribution >= 0.6 is 27.5 Å². The first-order valence-corrected chi connectivity index (χ1v) is 9.86. The van der Waals surface area contributed by atoms with Crippen LogP contribution in [0.3, 0.4) is 0 Å². The maximum Gasteiger partial charge on any atom is 0.271 e. The van der Waals surface area contributed by atoms with E-state index in [4.69, 9.17) is 16.3 Å². The third-order valence-corrected chi connectivity index (χ3v) is 4.96. The van der Waals surface area contributed by atoms with Gasteiger partial charge in [0.15, 0.2) is 0 Å². The molecular weight excluding hydrogens is 459 g/mol. The van der Waals surface area contributed by atoms with Crippen molar-refractivity contribution in [2.24, 2.45) is 5.10 Å². The number of hydrazone groups is 1. The van der Waals surface area contributed by atoms with Crippen molar-refractivity contribution in [3.05, 3.63) is 98.2 Å². The van der Waals surface area contributed by atoms with E-state index in [1.165, 1.54) is 18.3 Å². The predicted octanol–water partition coefficient (Wildman–Crippen LogP) is 5.89. The third-order valence-electron chi connectivity index (χ3n) is 4.06. The molecule has 1 N–H and O–H groups in total. The zero-order valence-corrected chi connectivity index (χ0v) is 17.8. The van der Waals surface area contributed by atoms with Gasteiger partial charge in [0, 0.05) is 20.6 Å². The molecule has 0 aliphatic carbocycles. The molecule has 0 unspecified atom stereocenters. The molecule has 3 rings (SSSR count). The number of nitrogens with zero attached hydrogens (tertiary/aromatic N) is 1. The number of carbonyl (C=O) groups is 1. The van der Waals surface area contributed by atoms with Crippen molar-refractivity contribution in [2.45, 2.75) is 13.5 Å². The Hall–Kier alpha value is -2.70. The topological polar surface area (TPSA) is 50.7 Å². The molecule has 3 aromatic carbocycles. The summed E-state index contributed by atoms with van der Waals surface area (Å²) in [6.07, 6.45) is 1.49. The van der Waals surface area contributed by atoms with E-state index in [-0.39, 0.29) is 18.3 Å². The lowest BCUT2D eigenvalue weighted by Crippen LogP contribution is -2.17. The summed E-state index contributed by atoms with van der Waals surface area (Å²) in [7, 11) is 0. The Morgan fingerprint density at radius 1 is 1.21 bits per heavy atom. The van der Waals surface area contributed by atoms with E-state index in [0.29, 0.717) is 27.5 Å². The summed E-state index contributed by atoms with van der Waals surface area (Å²) in [4.78, 5) is 12.2. The number of halogens is 3. The maximum absolute atomic E-state index is 13.3. The molecule has 0 radical (unpaired) electrons. The van der Waals surface area contributed by atoms with Crippen LogP contribution in [0.25, 0.3) is 0 Å². The smallest absolute Gasteiger partial charge is 0.271 e. The highest BCUT2D eigenvalue weighted by Gasteiger charge is 2.07. The first-order chi connectivity index (χ1) is 13.9. The molecular formula is C22H17BrClFN2O2. The van der Waals surface area contributed by atoms with Gasteiger partial charge in [-0.1, -0.05) is 45.7 Å². The highest BCUT2D eigenvalue weighted by molar-refractivity contribution is 9.10. The molecule has 0 saturated carbocycles. The van der Waals surface area contributed by atoms with Crippen molar-refractivity contribution in [2.75, 3.05) is 0 Å². The zero-order valence-electron chi connectivity index (χ0n) is 15.5. The van der Waals surface area contributed by atoms with Crippen molar-refractivity contribution < 1.29 is 13.9 Å². The molecule has 0 saturated heterocycles. The van der Waals surface area contributed by atoms with Gasteiger partial charge in [-0.05, 0) is 60.5 Å². The molecule has 0 bridgehead atoms. The molecule has 0 fully saturated rings. The maximum atomic E-state index is 13.3. The minimum absolute atomic E-state index is 0.203. The van der Waals surface area contributed by atoms with Gasteiger partial charge in [-0.3, -0.25) is 4.79 Å². The van der Waals surface area contributed by atoms with Gasteiger partial charge in [0.1, 0.15) is 18.2 Å². The molecule has 1 amide bonds. The van der Waals surface area contributed by atoms with Gasteiger partial charge in [-0.15, -0.1) is 0 Å². The summed E-state index contributed by atoms with van der Waals surface area (Å²) in [5, 5.41) is 4.53. The third kappa shape index (κ3) is 5.89. The van der Waals surface area contributed by atoms with Gasteiger partial charge in [0.25, 0.3) is 5.91 Å². The fourth-order valence-corrected chi connectivity index (χ4v) is 3.06. The summed E-state index contributed by atoms with van der Waals surface area (Å²) >= 11 is 9.46. The predicted molar refractivity (Wildman–Crippen MR) is 116 cm³/mol. The minimum atomic E-state index is -0.375. The number of hydrogen-bond donors (Lipinski definition) is 1. The minimum Gasteiger partial charge on any atom is -0.488 e. The van der Waals surface area contributed by atoms with Gasteiger partial charge in [-0.2, -0.15) is 5.10 Å². The Morgan fingerprint density at radius 2 is 2.03 bits per heavy atom. The van der Waals surface area contributed by atoms with E-state index in [9.17, 15) is 9.18 Å². The van der Waals surface area contributed by atoms with Crippen LogP contribution in [0.1, 0.15) is 27.0 Å². The van der Waals surface area contributed by atoms with Gasteiger partial charge in [-0.25, -0.2) is 9.82 Å². The molecule has 0 aliphatic heterocycles. The fourth-order valence-electron chi connectivity index (χ4n) is 2.50. The Bertz CT molecular complexity index is 1070. The van der Waals surface area contributed by atoms with E-state index < -0.39 is 0 Å². The average Bonchev–Trinajstić information content (AvgIpc) is 2.69. The standard InChI is InChI=1S/C22H17BrClFN2O2/c1-14-5-6-16(11-20(14)24)22(28)27-26-12-17-10-18(23)7-8-21(17)29-13-15-3-2-4-19(25)9-15/h2-12H,13H2,1H3,(H,27,28)/b26-12-. The molecule has 148 valence electrons. The normalized spacial score (nSPS) is 10.9. The quantitative estimate of drug-likeness (QED) is 0.357. The number of ether oxygens (including phenoxy) is 1. The van der Waals surface area contributed by atoms with Crippen LogP contribution in [0.2, 0.25) is 5.02 Å². The first kappa shape index (κ1) is 21.0. The number of benzene rings is 3. The van der Waals surface area contributed by atoms with Gasteiger partial charge in [0.2, 0.25) is 0 Å². The lowest BCUT2D eigenvalue weighted by molar-refractivity contribution is 0.0955. The Kier molecular flexibility index (Phi) is 7.01. The Labute approximate surface area is 181 Å².